The van der Waals surface area contributed by atoms with E-state index in [1.165, 1.54) is 0 Å². The van der Waals surface area contributed by atoms with Crippen LogP contribution in [0.3, 0.4) is 0 Å². The molecule has 0 bridgehead atoms. The first-order valence-electron chi connectivity index (χ1n) is 7.00. The minimum absolute atomic E-state index is 0.299. The Balaban J connectivity index is 2.21. The predicted molar refractivity (Wildman–Crippen MR) is 78.5 cm³/mol. The third-order valence-corrected chi connectivity index (χ3v) is 3.86. The Bertz CT molecular complexity index is 467. The van der Waals surface area contributed by atoms with Crippen molar-refractivity contribution in [1.29, 1.82) is 0 Å². The lowest BCUT2D eigenvalue weighted by atomic mass is 9.79. The zero-order valence-corrected chi connectivity index (χ0v) is 13.0. The highest BCUT2D eigenvalue weighted by Crippen LogP contribution is 2.42. The van der Waals surface area contributed by atoms with Crippen molar-refractivity contribution < 1.29 is 14.6 Å². The van der Waals surface area contributed by atoms with Crippen molar-refractivity contribution in [2.45, 2.75) is 57.5 Å². The lowest BCUT2D eigenvalue weighted by Gasteiger charge is -2.28. The molecule has 0 atom stereocenters. The van der Waals surface area contributed by atoms with Gasteiger partial charge in [0.05, 0.1) is 5.41 Å². The van der Waals surface area contributed by atoms with E-state index in [2.05, 4.69) is 0 Å². The second-order valence-corrected chi connectivity index (χ2v) is 6.80. The molecule has 0 amide bonds. The van der Waals surface area contributed by atoms with Crippen molar-refractivity contribution in [2.75, 3.05) is 0 Å². The summed E-state index contributed by atoms with van der Waals surface area (Å²) in [4.78, 5) is 22.8. The van der Waals surface area contributed by atoms with Crippen LogP contribution in [0.1, 0.15) is 52.0 Å². The van der Waals surface area contributed by atoms with E-state index in [4.69, 9.17) is 21.4 Å². The summed E-state index contributed by atoms with van der Waals surface area (Å²) in [5.41, 5.74) is -0.132. The molecule has 3 nitrogen and oxygen atoms in total. The van der Waals surface area contributed by atoms with Gasteiger partial charge in [-0.15, -0.1) is 0 Å². The maximum absolute atomic E-state index is 12.5. The summed E-state index contributed by atoms with van der Waals surface area (Å²) in [7, 11) is 0. The van der Waals surface area contributed by atoms with E-state index in [1.807, 2.05) is 45.0 Å². The smallest absolute Gasteiger partial charge is 0.297 e. The van der Waals surface area contributed by atoms with E-state index in [1.54, 1.807) is 0 Å². The molecule has 1 aliphatic rings. The van der Waals surface area contributed by atoms with Crippen molar-refractivity contribution in [1.82, 2.24) is 0 Å². The fourth-order valence-corrected chi connectivity index (χ4v) is 2.73. The fraction of sp³-hybridized carbons (Fsp3) is 0.562. The highest BCUT2D eigenvalue weighted by Gasteiger charge is 2.45. The molecule has 0 saturated heterocycles. The zero-order valence-electron chi connectivity index (χ0n) is 12.2. The Morgan fingerprint density at radius 1 is 1.15 bits per heavy atom. The van der Waals surface area contributed by atoms with Crippen LogP contribution in [-0.4, -0.2) is 11.6 Å². The number of benzene rings is 1. The van der Waals surface area contributed by atoms with Crippen molar-refractivity contribution in [3.8, 4) is 0 Å². The van der Waals surface area contributed by atoms with E-state index in [9.17, 15) is 4.79 Å². The quantitative estimate of drug-likeness (QED) is 0.611. The van der Waals surface area contributed by atoms with Crippen LogP contribution in [0, 0.1) is 0 Å². The molecule has 0 heterocycles. The molecule has 1 saturated carbocycles. The van der Waals surface area contributed by atoms with Crippen LogP contribution >= 0.6 is 11.6 Å². The van der Waals surface area contributed by atoms with Gasteiger partial charge in [0, 0.05) is 5.02 Å². The molecule has 0 N–H and O–H groups in total. The molecule has 0 radical (unpaired) electrons. The lowest BCUT2D eigenvalue weighted by Crippen LogP contribution is -2.36. The standard InChI is InChI=1S/C16H21ClO3/c1-15(2,3)20-19-14(18)16(10-4-5-11-16)12-6-8-13(17)9-7-12/h6-9H,4-5,10-11H2,1-3H3. The molecule has 0 unspecified atom stereocenters. The highest BCUT2D eigenvalue weighted by molar-refractivity contribution is 6.30. The van der Waals surface area contributed by atoms with Gasteiger partial charge >= 0.3 is 5.97 Å². The number of hydrogen-bond donors (Lipinski definition) is 0. The Hall–Kier alpha value is -1.06. The van der Waals surface area contributed by atoms with Gasteiger partial charge in [-0.2, -0.15) is 4.89 Å². The fourth-order valence-electron chi connectivity index (χ4n) is 2.60. The van der Waals surface area contributed by atoms with Crippen LogP contribution in [0.5, 0.6) is 0 Å². The van der Waals surface area contributed by atoms with E-state index < -0.39 is 11.0 Å². The summed E-state index contributed by atoms with van der Waals surface area (Å²) in [5, 5.41) is 0.668. The predicted octanol–water partition coefficient (Wildman–Crippen LogP) is 4.43. The SMILES string of the molecule is CC(C)(C)OOC(=O)C1(c2ccc(Cl)cc2)CCCC1. The molecule has 0 aromatic heterocycles. The summed E-state index contributed by atoms with van der Waals surface area (Å²) in [5.74, 6) is -0.299. The first-order chi connectivity index (χ1) is 9.33. The Morgan fingerprint density at radius 2 is 1.70 bits per heavy atom. The average molecular weight is 297 g/mol. The molecular weight excluding hydrogens is 276 g/mol. The molecule has 110 valence electrons. The minimum Gasteiger partial charge on any atom is -0.297 e. The van der Waals surface area contributed by atoms with Gasteiger partial charge in [-0.3, -0.25) is 4.89 Å². The van der Waals surface area contributed by atoms with Gasteiger partial charge in [-0.25, -0.2) is 4.79 Å². The van der Waals surface area contributed by atoms with Crippen molar-refractivity contribution >= 4 is 17.6 Å². The number of hydrogen-bond acceptors (Lipinski definition) is 3. The van der Waals surface area contributed by atoms with Crippen LogP contribution in [0.2, 0.25) is 5.02 Å². The van der Waals surface area contributed by atoms with E-state index >= 15 is 0 Å². The Labute approximate surface area is 125 Å². The van der Waals surface area contributed by atoms with Crippen molar-refractivity contribution in [3.05, 3.63) is 34.9 Å². The van der Waals surface area contributed by atoms with Crippen LogP contribution < -0.4 is 0 Å². The second kappa shape index (κ2) is 5.74. The van der Waals surface area contributed by atoms with Crippen molar-refractivity contribution in [2.24, 2.45) is 0 Å². The van der Waals surface area contributed by atoms with Crippen LogP contribution in [0.15, 0.2) is 24.3 Å². The lowest BCUT2D eigenvalue weighted by molar-refractivity contribution is -0.324. The number of halogens is 1. The highest BCUT2D eigenvalue weighted by atomic mass is 35.5. The molecule has 0 aliphatic heterocycles. The van der Waals surface area contributed by atoms with Gasteiger partial charge in [-0.05, 0) is 51.3 Å². The summed E-state index contributed by atoms with van der Waals surface area (Å²) >= 11 is 5.92. The Morgan fingerprint density at radius 3 is 2.20 bits per heavy atom. The second-order valence-electron chi connectivity index (χ2n) is 6.36. The van der Waals surface area contributed by atoms with Gasteiger partial charge in [0.25, 0.3) is 0 Å². The molecule has 20 heavy (non-hydrogen) atoms. The molecule has 1 aliphatic carbocycles. The summed E-state index contributed by atoms with van der Waals surface area (Å²) in [6, 6.07) is 7.45. The number of carbonyl (C=O) groups excluding carboxylic acids is 1. The van der Waals surface area contributed by atoms with Gasteiger partial charge in [0.2, 0.25) is 0 Å². The molecule has 0 spiro atoms. The van der Waals surface area contributed by atoms with E-state index in [0.29, 0.717) is 5.02 Å². The van der Waals surface area contributed by atoms with Crippen LogP contribution in [-0.2, 0) is 20.0 Å². The van der Waals surface area contributed by atoms with Gasteiger partial charge in [0.1, 0.15) is 5.60 Å². The van der Waals surface area contributed by atoms with Gasteiger partial charge < -0.3 is 0 Å². The monoisotopic (exact) mass is 296 g/mol. The third kappa shape index (κ3) is 3.33. The van der Waals surface area contributed by atoms with Crippen molar-refractivity contribution in [3.63, 3.8) is 0 Å². The normalized spacial score (nSPS) is 18.0. The molecular formula is C16H21ClO3. The summed E-state index contributed by atoms with van der Waals surface area (Å²) < 4.78 is 0. The van der Waals surface area contributed by atoms with Gasteiger partial charge in [-0.1, -0.05) is 36.6 Å². The van der Waals surface area contributed by atoms with E-state index in [0.717, 1.165) is 31.2 Å². The first-order valence-corrected chi connectivity index (χ1v) is 7.37. The van der Waals surface area contributed by atoms with Gasteiger partial charge in [0.15, 0.2) is 0 Å². The minimum atomic E-state index is -0.587. The van der Waals surface area contributed by atoms with E-state index in [-0.39, 0.29) is 5.97 Å². The maximum atomic E-state index is 12.5. The summed E-state index contributed by atoms with van der Waals surface area (Å²) in [6.07, 6.45) is 3.63. The Kier molecular flexibility index (Phi) is 4.40. The molecule has 1 aromatic rings. The van der Waals surface area contributed by atoms with Crippen LogP contribution in [0.25, 0.3) is 0 Å². The third-order valence-electron chi connectivity index (χ3n) is 3.61. The topological polar surface area (TPSA) is 35.5 Å². The largest absolute Gasteiger partial charge is 0.352 e. The molecule has 4 heteroatoms. The number of carbonyl (C=O) groups is 1. The molecule has 1 aromatic carbocycles. The first kappa shape index (κ1) is 15.3. The molecule has 2 rings (SSSR count). The number of rotatable bonds is 3. The average Bonchev–Trinajstić information content (AvgIpc) is 2.86. The van der Waals surface area contributed by atoms with Crippen LogP contribution in [0.4, 0.5) is 0 Å². The zero-order chi connectivity index (χ0) is 14.8. The summed E-state index contributed by atoms with van der Waals surface area (Å²) in [6.45, 7) is 5.55. The maximum Gasteiger partial charge on any atom is 0.352 e. The molecule has 1 fully saturated rings.